The number of hydrogen-bond donors (Lipinski definition) is 2. The summed E-state index contributed by atoms with van der Waals surface area (Å²) < 4.78 is 5.08. The number of aliphatic hydroxyl groups is 1. The Morgan fingerprint density at radius 2 is 2.10 bits per heavy atom. The fraction of sp³-hybridized carbons (Fsp3) is 0.533. The third-order valence-electron chi connectivity index (χ3n) is 4.45. The number of carbonyl (C=O) groups excluding carboxylic acids is 1. The Kier molecular flexibility index (Phi) is 3.53. The van der Waals surface area contributed by atoms with Crippen LogP contribution in [0.1, 0.15) is 19.3 Å². The fourth-order valence-electron chi connectivity index (χ4n) is 3.35. The number of carbonyl (C=O) groups is 1. The quantitative estimate of drug-likeness (QED) is 0.871. The zero-order valence-electron chi connectivity index (χ0n) is 11.6. The molecule has 1 aromatic carbocycles. The van der Waals surface area contributed by atoms with Crippen LogP contribution in [0.3, 0.4) is 0 Å². The van der Waals surface area contributed by atoms with E-state index in [0.717, 1.165) is 18.6 Å². The lowest BCUT2D eigenvalue weighted by Crippen LogP contribution is -2.40. The largest absolute Gasteiger partial charge is 0.497 e. The Labute approximate surface area is 118 Å². The molecule has 1 aliphatic heterocycles. The fourth-order valence-corrected chi connectivity index (χ4v) is 3.35. The molecule has 1 aromatic rings. The molecule has 5 heteroatoms. The second kappa shape index (κ2) is 5.32. The van der Waals surface area contributed by atoms with Gasteiger partial charge in [0.05, 0.1) is 7.11 Å². The van der Waals surface area contributed by atoms with Crippen LogP contribution < -0.4 is 10.1 Å². The minimum atomic E-state index is -0.638. The van der Waals surface area contributed by atoms with Crippen LogP contribution in [0.15, 0.2) is 24.3 Å². The van der Waals surface area contributed by atoms with Crippen molar-refractivity contribution in [3.8, 4) is 5.75 Å². The first-order valence-corrected chi connectivity index (χ1v) is 7.09. The summed E-state index contributed by atoms with van der Waals surface area (Å²) in [5.74, 6) is 1.47. The van der Waals surface area contributed by atoms with E-state index >= 15 is 0 Å². The number of likely N-dealkylation sites (tertiary alicyclic amines) is 1. The van der Waals surface area contributed by atoms with E-state index in [1.54, 1.807) is 36.3 Å². The van der Waals surface area contributed by atoms with E-state index in [4.69, 9.17) is 4.74 Å². The molecule has 2 amide bonds. The van der Waals surface area contributed by atoms with Gasteiger partial charge in [-0.15, -0.1) is 0 Å². The average molecular weight is 276 g/mol. The van der Waals surface area contributed by atoms with Gasteiger partial charge < -0.3 is 15.2 Å². The molecule has 0 aromatic heterocycles. The number of nitrogens with zero attached hydrogens (tertiary/aromatic N) is 1. The van der Waals surface area contributed by atoms with E-state index in [1.165, 1.54) is 6.42 Å². The van der Waals surface area contributed by atoms with Crippen molar-refractivity contribution >= 4 is 11.7 Å². The Balaban J connectivity index is 1.64. The van der Waals surface area contributed by atoms with E-state index < -0.39 is 6.23 Å². The average Bonchev–Trinajstić information content (AvgIpc) is 3.03. The second-order valence-corrected chi connectivity index (χ2v) is 5.58. The van der Waals surface area contributed by atoms with Gasteiger partial charge in [-0.25, -0.2) is 4.79 Å². The van der Waals surface area contributed by atoms with Crippen molar-refractivity contribution in [3.63, 3.8) is 0 Å². The number of fused-ring (bicyclic) bond motifs is 1. The van der Waals surface area contributed by atoms with Crippen molar-refractivity contribution in [2.45, 2.75) is 25.5 Å². The Morgan fingerprint density at radius 1 is 1.35 bits per heavy atom. The summed E-state index contributed by atoms with van der Waals surface area (Å²) in [7, 11) is 1.60. The van der Waals surface area contributed by atoms with Gasteiger partial charge in [-0.1, -0.05) is 6.42 Å². The van der Waals surface area contributed by atoms with Crippen LogP contribution in [0.5, 0.6) is 5.75 Å². The minimum absolute atomic E-state index is 0.225. The summed E-state index contributed by atoms with van der Waals surface area (Å²) in [4.78, 5) is 13.8. The molecule has 20 heavy (non-hydrogen) atoms. The molecule has 2 fully saturated rings. The van der Waals surface area contributed by atoms with E-state index in [1.807, 2.05) is 0 Å². The summed E-state index contributed by atoms with van der Waals surface area (Å²) in [6.07, 6.45) is 2.67. The van der Waals surface area contributed by atoms with Gasteiger partial charge in [-0.2, -0.15) is 0 Å². The first-order valence-electron chi connectivity index (χ1n) is 7.09. The lowest BCUT2D eigenvalue weighted by atomic mass is 10.00. The van der Waals surface area contributed by atoms with Crippen LogP contribution in [0.4, 0.5) is 10.5 Å². The first kappa shape index (κ1) is 13.2. The van der Waals surface area contributed by atoms with Gasteiger partial charge in [-0.3, -0.25) is 4.90 Å². The zero-order chi connectivity index (χ0) is 14.1. The van der Waals surface area contributed by atoms with Gasteiger partial charge >= 0.3 is 6.03 Å². The highest BCUT2D eigenvalue weighted by molar-refractivity contribution is 5.89. The number of urea groups is 1. The van der Waals surface area contributed by atoms with E-state index in [9.17, 15) is 9.90 Å². The number of methoxy groups -OCH3 is 1. The molecule has 3 unspecified atom stereocenters. The van der Waals surface area contributed by atoms with Crippen LogP contribution in [0.2, 0.25) is 0 Å². The number of nitrogens with one attached hydrogen (secondary N) is 1. The van der Waals surface area contributed by atoms with Crippen LogP contribution in [-0.4, -0.2) is 35.9 Å². The van der Waals surface area contributed by atoms with Crippen molar-refractivity contribution in [2.75, 3.05) is 19.0 Å². The number of benzene rings is 1. The van der Waals surface area contributed by atoms with Gasteiger partial charge in [0.2, 0.25) is 0 Å². The molecule has 1 saturated carbocycles. The van der Waals surface area contributed by atoms with Gasteiger partial charge in [-0.05, 0) is 43.0 Å². The Hall–Kier alpha value is -1.75. The lowest BCUT2D eigenvalue weighted by molar-refractivity contribution is 0.0331. The number of anilines is 1. The molecule has 3 rings (SSSR count). The molecule has 3 atom stereocenters. The molecule has 2 N–H and O–H groups in total. The molecule has 0 radical (unpaired) electrons. The van der Waals surface area contributed by atoms with Gasteiger partial charge in [0.25, 0.3) is 0 Å². The third-order valence-corrected chi connectivity index (χ3v) is 4.45. The number of ether oxygens (including phenoxy) is 1. The maximum absolute atomic E-state index is 12.2. The summed E-state index contributed by atoms with van der Waals surface area (Å²) >= 11 is 0. The molecule has 1 saturated heterocycles. The van der Waals surface area contributed by atoms with Crippen LogP contribution >= 0.6 is 0 Å². The first-order chi connectivity index (χ1) is 9.69. The monoisotopic (exact) mass is 276 g/mol. The van der Waals surface area contributed by atoms with Crippen molar-refractivity contribution < 1.29 is 14.6 Å². The molecule has 108 valence electrons. The Bertz CT molecular complexity index is 488. The smallest absolute Gasteiger partial charge is 0.323 e. The summed E-state index contributed by atoms with van der Waals surface area (Å²) in [5, 5.41) is 13.1. The topological polar surface area (TPSA) is 61.8 Å². The number of amides is 2. The minimum Gasteiger partial charge on any atom is -0.497 e. The SMILES string of the molecule is COc1ccc(NC(=O)N2CC3CCCC3C2O)cc1. The standard InChI is InChI=1S/C15H20N2O3/c1-20-12-7-5-11(6-8-12)16-15(19)17-9-10-3-2-4-13(10)14(17)18/h5-8,10,13-14,18H,2-4,9H2,1H3,(H,16,19). The molecule has 0 bridgehead atoms. The number of rotatable bonds is 2. The van der Waals surface area contributed by atoms with Crippen LogP contribution in [0.25, 0.3) is 0 Å². The van der Waals surface area contributed by atoms with Crippen molar-refractivity contribution in [3.05, 3.63) is 24.3 Å². The molecule has 2 aliphatic rings. The molecule has 1 heterocycles. The number of hydrogen-bond acceptors (Lipinski definition) is 3. The van der Waals surface area contributed by atoms with Crippen molar-refractivity contribution in [1.29, 1.82) is 0 Å². The second-order valence-electron chi connectivity index (χ2n) is 5.58. The molecule has 1 aliphatic carbocycles. The highest BCUT2D eigenvalue weighted by atomic mass is 16.5. The maximum atomic E-state index is 12.2. The highest BCUT2D eigenvalue weighted by Gasteiger charge is 2.45. The van der Waals surface area contributed by atoms with Crippen LogP contribution in [-0.2, 0) is 0 Å². The lowest BCUT2D eigenvalue weighted by Gasteiger charge is -2.23. The summed E-state index contributed by atoms with van der Waals surface area (Å²) in [6.45, 7) is 0.661. The molecular formula is C15H20N2O3. The number of aliphatic hydroxyl groups excluding tert-OH is 1. The van der Waals surface area contributed by atoms with E-state index in [0.29, 0.717) is 18.2 Å². The van der Waals surface area contributed by atoms with Gasteiger partial charge in [0.1, 0.15) is 12.0 Å². The molecule has 0 spiro atoms. The normalized spacial score (nSPS) is 28.3. The highest BCUT2D eigenvalue weighted by Crippen LogP contribution is 2.41. The van der Waals surface area contributed by atoms with Crippen molar-refractivity contribution in [2.24, 2.45) is 11.8 Å². The molecular weight excluding hydrogens is 256 g/mol. The predicted molar refractivity (Wildman–Crippen MR) is 75.6 cm³/mol. The Morgan fingerprint density at radius 3 is 2.75 bits per heavy atom. The van der Waals surface area contributed by atoms with Crippen LogP contribution in [0, 0.1) is 11.8 Å². The van der Waals surface area contributed by atoms with E-state index in [-0.39, 0.29) is 11.9 Å². The van der Waals surface area contributed by atoms with E-state index in [2.05, 4.69) is 5.32 Å². The summed E-state index contributed by atoms with van der Waals surface area (Å²) in [5.41, 5.74) is 0.708. The van der Waals surface area contributed by atoms with Gasteiger partial charge in [0.15, 0.2) is 0 Å². The van der Waals surface area contributed by atoms with Gasteiger partial charge in [0, 0.05) is 18.2 Å². The maximum Gasteiger partial charge on any atom is 0.323 e. The summed E-state index contributed by atoms with van der Waals surface area (Å²) in [6, 6.07) is 6.95. The zero-order valence-corrected chi connectivity index (χ0v) is 11.6. The molecule has 5 nitrogen and oxygen atoms in total. The third kappa shape index (κ3) is 2.33. The van der Waals surface area contributed by atoms with Crippen molar-refractivity contribution in [1.82, 2.24) is 4.90 Å². The predicted octanol–water partition coefficient (Wildman–Crippen LogP) is 2.28.